The first-order valence-corrected chi connectivity index (χ1v) is 6.70. The molecule has 5 nitrogen and oxygen atoms in total. The van der Waals surface area contributed by atoms with Crippen LogP contribution in [0.3, 0.4) is 0 Å². The van der Waals surface area contributed by atoms with Crippen molar-refractivity contribution in [1.82, 2.24) is 10.0 Å². The summed E-state index contributed by atoms with van der Waals surface area (Å²) in [7, 11) is -3.95. The van der Waals surface area contributed by atoms with E-state index in [0.717, 1.165) is 24.3 Å². The molecule has 0 saturated heterocycles. The van der Waals surface area contributed by atoms with Crippen LogP contribution >= 0.6 is 0 Å². The van der Waals surface area contributed by atoms with E-state index in [1.54, 1.807) is 12.2 Å². The molecule has 2 rings (SSSR count). The number of carbonyl (C=O) groups excluding carboxylic acids is 1. The van der Waals surface area contributed by atoms with Crippen molar-refractivity contribution in [2.45, 2.75) is 10.9 Å². The Morgan fingerprint density at radius 2 is 2.00 bits per heavy atom. The number of nitrogens with one attached hydrogen (secondary N) is 2. The Labute approximate surface area is 104 Å². The maximum atomic E-state index is 12.7. The maximum absolute atomic E-state index is 12.7. The van der Waals surface area contributed by atoms with Gasteiger partial charge in [0.25, 0.3) is 15.9 Å². The molecule has 0 radical (unpaired) electrons. The molecule has 18 heavy (non-hydrogen) atoms. The molecule has 1 aliphatic rings. The van der Waals surface area contributed by atoms with Crippen molar-refractivity contribution in [3.05, 3.63) is 42.2 Å². The minimum atomic E-state index is -3.95. The van der Waals surface area contributed by atoms with E-state index in [-0.39, 0.29) is 4.90 Å². The predicted octanol–water partition coefficient (Wildman–Crippen LogP) is 0.159. The SMILES string of the molecule is O=C(NS(=O)(=O)c1ccc(F)cc1)C1C=CCN1. The van der Waals surface area contributed by atoms with Crippen LogP contribution in [0.4, 0.5) is 4.39 Å². The molecule has 0 spiro atoms. The van der Waals surface area contributed by atoms with E-state index in [9.17, 15) is 17.6 Å². The van der Waals surface area contributed by atoms with Gasteiger partial charge in [0, 0.05) is 6.54 Å². The van der Waals surface area contributed by atoms with Gasteiger partial charge in [-0.05, 0) is 24.3 Å². The van der Waals surface area contributed by atoms with E-state index < -0.39 is 27.8 Å². The van der Waals surface area contributed by atoms with Crippen LogP contribution in [0.5, 0.6) is 0 Å². The van der Waals surface area contributed by atoms with Crippen molar-refractivity contribution in [2.75, 3.05) is 6.54 Å². The minimum absolute atomic E-state index is 0.153. The lowest BCUT2D eigenvalue weighted by molar-refractivity contribution is -0.120. The van der Waals surface area contributed by atoms with Gasteiger partial charge in [-0.3, -0.25) is 10.1 Å². The molecule has 0 saturated carbocycles. The molecule has 1 aliphatic heterocycles. The van der Waals surface area contributed by atoms with E-state index in [0.29, 0.717) is 6.54 Å². The normalized spacial score (nSPS) is 18.8. The highest BCUT2D eigenvalue weighted by molar-refractivity contribution is 7.90. The fourth-order valence-corrected chi connectivity index (χ4v) is 2.52. The van der Waals surface area contributed by atoms with Crippen LogP contribution in [0.25, 0.3) is 0 Å². The van der Waals surface area contributed by atoms with Crippen LogP contribution < -0.4 is 10.0 Å². The van der Waals surface area contributed by atoms with Gasteiger partial charge in [-0.2, -0.15) is 0 Å². The number of rotatable bonds is 3. The molecule has 1 unspecified atom stereocenters. The molecular weight excluding hydrogens is 259 g/mol. The number of sulfonamides is 1. The van der Waals surface area contributed by atoms with Crippen LogP contribution in [0.1, 0.15) is 0 Å². The van der Waals surface area contributed by atoms with Gasteiger partial charge in [-0.1, -0.05) is 12.2 Å². The van der Waals surface area contributed by atoms with E-state index in [4.69, 9.17) is 0 Å². The van der Waals surface area contributed by atoms with Crippen LogP contribution in [0.15, 0.2) is 41.3 Å². The molecule has 0 fully saturated rings. The lowest BCUT2D eigenvalue weighted by Gasteiger charge is -2.10. The van der Waals surface area contributed by atoms with Crippen molar-refractivity contribution in [3.8, 4) is 0 Å². The summed E-state index contributed by atoms with van der Waals surface area (Å²) in [5, 5.41) is 2.79. The summed E-state index contributed by atoms with van der Waals surface area (Å²) in [5.74, 6) is -1.20. The van der Waals surface area contributed by atoms with Crippen molar-refractivity contribution < 1.29 is 17.6 Å². The standard InChI is InChI=1S/C11H11FN2O3S/c12-8-3-5-9(6-4-8)18(16,17)14-11(15)10-2-1-7-13-10/h1-6,10,13H,7H2,(H,14,15). The van der Waals surface area contributed by atoms with Crippen molar-refractivity contribution in [1.29, 1.82) is 0 Å². The van der Waals surface area contributed by atoms with E-state index in [2.05, 4.69) is 5.32 Å². The zero-order valence-electron chi connectivity index (χ0n) is 9.26. The van der Waals surface area contributed by atoms with Gasteiger partial charge in [0.15, 0.2) is 0 Å². The second-order valence-electron chi connectivity index (χ2n) is 3.74. The molecule has 1 heterocycles. The largest absolute Gasteiger partial charge is 0.299 e. The Bertz CT molecular complexity index is 581. The van der Waals surface area contributed by atoms with Gasteiger partial charge in [-0.25, -0.2) is 17.5 Å². The Morgan fingerprint density at radius 1 is 1.33 bits per heavy atom. The Kier molecular flexibility index (Phi) is 3.44. The second-order valence-corrected chi connectivity index (χ2v) is 5.42. The van der Waals surface area contributed by atoms with Gasteiger partial charge in [0.05, 0.1) is 4.90 Å². The third kappa shape index (κ3) is 2.74. The van der Waals surface area contributed by atoms with Crippen molar-refractivity contribution >= 4 is 15.9 Å². The highest BCUT2D eigenvalue weighted by atomic mass is 32.2. The predicted molar refractivity (Wildman–Crippen MR) is 62.7 cm³/mol. The van der Waals surface area contributed by atoms with E-state index >= 15 is 0 Å². The molecule has 1 aromatic rings. The second kappa shape index (κ2) is 4.87. The Hall–Kier alpha value is -1.73. The highest BCUT2D eigenvalue weighted by Crippen LogP contribution is 2.10. The average Bonchev–Trinajstić information content (AvgIpc) is 2.82. The molecule has 96 valence electrons. The van der Waals surface area contributed by atoms with E-state index in [1.165, 1.54) is 0 Å². The summed E-state index contributed by atoms with van der Waals surface area (Å²) in [5.41, 5.74) is 0. The number of halogens is 1. The van der Waals surface area contributed by atoms with Crippen LogP contribution in [-0.2, 0) is 14.8 Å². The average molecular weight is 270 g/mol. The number of hydrogen-bond donors (Lipinski definition) is 2. The quantitative estimate of drug-likeness (QED) is 0.767. The van der Waals surface area contributed by atoms with Gasteiger partial charge in [0.1, 0.15) is 11.9 Å². The minimum Gasteiger partial charge on any atom is -0.299 e. The number of amides is 1. The zero-order valence-corrected chi connectivity index (χ0v) is 10.1. The van der Waals surface area contributed by atoms with Gasteiger partial charge in [-0.15, -0.1) is 0 Å². The van der Waals surface area contributed by atoms with Gasteiger partial charge in [0.2, 0.25) is 0 Å². The van der Waals surface area contributed by atoms with Crippen LogP contribution in [0.2, 0.25) is 0 Å². The molecular formula is C11H11FN2O3S. The summed E-state index contributed by atoms with van der Waals surface area (Å²) in [6, 6.07) is 3.59. The molecule has 1 atom stereocenters. The van der Waals surface area contributed by atoms with E-state index in [1.807, 2.05) is 4.72 Å². The topological polar surface area (TPSA) is 75.3 Å². The number of hydrogen-bond acceptors (Lipinski definition) is 4. The smallest absolute Gasteiger partial charge is 0.264 e. The first kappa shape index (κ1) is 12.7. The molecule has 0 aliphatic carbocycles. The highest BCUT2D eigenvalue weighted by Gasteiger charge is 2.23. The van der Waals surface area contributed by atoms with Crippen molar-refractivity contribution in [2.24, 2.45) is 0 Å². The monoisotopic (exact) mass is 270 g/mol. The molecule has 1 amide bonds. The number of carbonyl (C=O) groups is 1. The molecule has 1 aromatic carbocycles. The summed E-state index contributed by atoms with van der Waals surface area (Å²) in [4.78, 5) is 11.5. The van der Waals surface area contributed by atoms with Gasteiger partial charge >= 0.3 is 0 Å². The van der Waals surface area contributed by atoms with Gasteiger partial charge < -0.3 is 0 Å². The molecule has 0 aromatic heterocycles. The summed E-state index contributed by atoms with van der Waals surface area (Å²) >= 11 is 0. The Balaban J connectivity index is 2.14. The molecule has 0 bridgehead atoms. The van der Waals surface area contributed by atoms with Crippen molar-refractivity contribution in [3.63, 3.8) is 0 Å². The fraction of sp³-hybridized carbons (Fsp3) is 0.182. The fourth-order valence-electron chi connectivity index (χ4n) is 1.52. The maximum Gasteiger partial charge on any atom is 0.264 e. The molecule has 2 N–H and O–H groups in total. The number of benzene rings is 1. The van der Waals surface area contributed by atoms with Crippen LogP contribution in [-0.4, -0.2) is 26.9 Å². The zero-order chi connectivity index (χ0) is 13.2. The third-order valence-corrected chi connectivity index (χ3v) is 3.79. The Morgan fingerprint density at radius 3 is 2.56 bits per heavy atom. The first-order chi connectivity index (χ1) is 8.49. The lowest BCUT2D eigenvalue weighted by Crippen LogP contribution is -2.43. The molecule has 7 heteroatoms. The lowest BCUT2D eigenvalue weighted by atomic mass is 10.3. The van der Waals surface area contributed by atoms with Crippen LogP contribution in [0, 0.1) is 5.82 Å². The third-order valence-electron chi connectivity index (χ3n) is 2.43. The first-order valence-electron chi connectivity index (χ1n) is 5.21. The summed E-state index contributed by atoms with van der Waals surface area (Å²) < 4.78 is 38.2. The summed E-state index contributed by atoms with van der Waals surface area (Å²) in [6.07, 6.45) is 3.31. The summed E-state index contributed by atoms with van der Waals surface area (Å²) in [6.45, 7) is 0.523.